The Morgan fingerprint density at radius 1 is 0.909 bits per heavy atom. The third-order valence-electron chi connectivity index (χ3n) is 4.33. The first-order chi connectivity index (χ1) is 10.5. The monoisotopic (exact) mass is 306 g/mol. The fourth-order valence-electron chi connectivity index (χ4n) is 3.17. The van der Waals surface area contributed by atoms with Crippen molar-refractivity contribution in [3.05, 3.63) is 60.7 Å². The van der Waals surface area contributed by atoms with E-state index in [4.69, 9.17) is 0 Å². The zero-order valence-corrected chi connectivity index (χ0v) is 14.5. The van der Waals surface area contributed by atoms with Gasteiger partial charge in [-0.2, -0.15) is 0 Å². The lowest BCUT2D eigenvalue weighted by molar-refractivity contribution is -0.103. The van der Waals surface area contributed by atoms with E-state index >= 15 is 0 Å². The Bertz CT molecular complexity index is 633. The van der Waals surface area contributed by atoms with Crippen LogP contribution in [0, 0.1) is 11.8 Å². The summed E-state index contributed by atoms with van der Waals surface area (Å²) in [5.74, 6) is 5.74. The van der Waals surface area contributed by atoms with E-state index < -0.39 is 8.07 Å². The predicted octanol–water partition coefficient (Wildman–Crippen LogP) is 3.25. The van der Waals surface area contributed by atoms with Gasteiger partial charge in [0.2, 0.25) is 0 Å². The molecule has 2 aromatic rings. The molecule has 1 nitrogen and oxygen atoms in total. The molecule has 0 unspecified atom stereocenters. The van der Waals surface area contributed by atoms with E-state index in [9.17, 15) is 4.79 Å². The van der Waals surface area contributed by atoms with Gasteiger partial charge < -0.3 is 0 Å². The number of hydrogen-bond acceptors (Lipinski definition) is 1. The van der Waals surface area contributed by atoms with E-state index in [0.717, 1.165) is 6.04 Å². The second-order valence-electron chi connectivity index (χ2n) is 6.50. The van der Waals surface area contributed by atoms with Crippen LogP contribution in [-0.2, 0) is 4.79 Å². The molecule has 0 aliphatic heterocycles. The van der Waals surface area contributed by atoms with Crippen molar-refractivity contribution in [1.82, 2.24) is 0 Å². The molecule has 0 radical (unpaired) electrons. The van der Waals surface area contributed by atoms with E-state index in [1.54, 1.807) is 0 Å². The molecular weight excluding hydrogens is 284 g/mol. The molecule has 0 bridgehead atoms. The zero-order chi connectivity index (χ0) is 16.1. The molecule has 2 heteroatoms. The molecule has 0 saturated heterocycles. The highest BCUT2D eigenvalue weighted by atomic mass is 28.3. The summed E-state index contributed by atoms with van der Waals surface area (Å²) in [4.78, 5) is 10.7. The maximum absolute atomic E-state index is 10.7. The van der Waals surface area contributed by atoms with Gasteiger partial charge in [-0.15, -0.1) is 0 Å². The summed E-state index contributed by atoms with van der Waals surface area (Å²) in [6.07, 6.45) is 0.692. The number of hydrogen-bond donors (Lipinski definition) is 0. The van der Waals surface area contributed by atoms with E-state index in [-0.39, 0.29) is 5.04 Å². The van der Waals surface area contributed by atoms with Crippen LogP contribution in [0.3, 0.4) is 0 Å². The van der Waals surface area contributed by atoms with Crippen molar-refractivity contribution in [2.75, 3.05) is 0 Å². The van der Waals surface area contributed by atoms with Crippen LogP contribution < -0.4 is 10.4 Å². The fourth-order valence-corrected chi connectivity index (χ4v) is 8.07. The van der Waals surface area contributed by atoms with Gasteiger partial charge in [-0.3, -0.25) is 4.79 Å². The molecule has 0 amide bonds. The molecule has 0 N–H and O–H groups in total. The van der Waals surface area contributed by atoms with Crippen LogP contribution in [0.25, 0.3) is 0 Å². The first-order valence-corrected chi connectivity index (χ1v) is 9.76. The molecule has 0 aliphatic carbocycles. The summed E-state index contributed by atoms with van der Waals surface area (Å²) in [5, 5.41) is 2.83. The van der Waals surface area contributed by atoms with Gasteiger partial charge >= 0.3 is 0 Å². The normalized spacial score (nSPS) is 11.4. The Kier molecular flexibility index (Phi) is 5.00. The topological polar surface area (TPSA) is 17.1 Å². The van der Waals surface area contributed by atoms with Crippen LogP contribution in [-0.4, -0.2) is 14.4 Å². The Morgan fingerprint density at radius 2 is 1.36 bits per heavy atom. The lowest BCUT2D eigenvalue weighted by Gasteiger charge is -2.43. The molecule has 2 rings (SSSR count). The molecule has 0 heterocycles. The van der Waals surface area contributed by atoms with Gasteiger partial charge in [0, 0.05) is 6.04 Å². The van der Waals surface area contributed by atoms with Crippen LogP contribution in [0.2, 0.25) is 11.1 Å². The minimum Gasteiger partial charge on any atom is -0.289 e. The maximum atomic E-state index is 10.7. The molecule has 22 heavy (non-hydrogen) atoms. The van der Waals surface area contributed by atoms with Crippen molar-refractivity contribution >= 4 is 24.7 Å². The smallest absolute Gasteiger partial charge is 0.192 e. The summed E-state index contributed by atoms with van der Waals surface area (Å²) < 4.78 is 0. The summed E-state index contributed by atoms with van der Waals surface area (Å²) in [5.41, 5.74) is 0. The average Bonchev–Trinajstić information content (AvgIpc) is 2.52. The second-order valence-corrected chi connectivity index (χ2v) is 11.3. The molecule has 0 aromatic heterocycles. The molecule has 2 aromatic carbocycles. The lowest BCUT2D eigenvalue weighted by atomic mass is 10.2. The first kappa shape index (κ1) is 16.3. The van der Waals surface area contributed by atoms with Gasteiger partial charge in [0.1, 0.15) is 8.07 Å². The van der Waals surface area contributed by atoms with Crippen LogP contribution in [0.4, 0.5) is 0 Å². The van der Waals surface area contributed by atoms with Crippen molar-refractivity contribution in [1.29, 1.82) is 0 Å². The Hall–Kier alpha value is -2.11. The second kappa shape index (κ2) is 6.77. The van der Waals surface area contributed by atoms with Crippen LogP contribution in [0.1, 0.15) is 20.8 Å². The maximum Gasteiger partial charge on any atom is 0.192 e. The number of aldehydes is 1. The summed E-state index contributed by atoms with van der Waals surface area (Å²) >= 11 is 0. The average molecular weight is 306 g/mol. The Balaban J connectivity index is 2.72. The highest BCUT2D eigenvalue weighted by Crippen LogP contribution is 2.38. The minimum absolute atomic E-state index is 0.0905. The van der Waals surface area contributed by atoms with Gasteiger partial charge in [0.05, 0.1) is 0 Å². The Labute approximate surface area is 134 Å². The molecule has 112 valence electrons. The lowest BCUT2D eigenvalue weighted by Crippen LogP contribution is -2.63. The highest BCUT2D eigenvalue weighted by molar-refractivity contribution is 7.04. The van der Waals surface area contributed by atoms with Crippen LogP contribution >= 0.6 is 0 Å². The molecule has 0 atom stereocenters. The number of benzene rings is 2. The highest BCUT2D eigenvalue weighted by Gasteiger charge is 2.46. The summed E-state index contributed by atoms with van der Waals surface area (Å²) in [6.45, 7) is 6.88. The number of rotatable bonds is 3. The van der Waals surface area contributed by atoms with E-state index in [2.05, 4.69) is 81.1 Å². The standard InChI is InChI=1S/C20H22OSi/c1-20(2,3)22(17-11-10-16-21,18-12-6-4-7-13-18)19-14-8-5-9-15-19/h4-9,12-16H,17H2,1-3H3. The zero-order valence-electron chi connectivity index (χ0n) is 13.5. The Morgan fingerprint density at radius 3 is 1.73 bits per heavy atom. The fraction of sp³-hybridized carbons (Fsp3) is 0.250. The van der Waals surface area contributed by atoms with Gasteiger partial charge in [0.25, 0.3) is 0 Å². The largest absolute Gasteiger partial charge is 0.289 e. The third-order valence-corrected chi connectivity index (χ3v) is 10.2. The van der Waals surface area contributed by atoms with Crippen molar-refractivity contribution in [3.63, 3.8) is 0 Å². The minimum atomic E-state index is -2.12. The van der Waals surface area contributed by atoms with Crippen molar-refractivity contribution in [2.24, 2.45) is 0 Å². The molecule has 0 aliphatic rings. The van der Waals surface area contributed by atoms with Crippen LogP contribution in [0.5, 0.6) is 0 Å². The molecule has 0 fully saturated rings. The first-order valence-electron chi connectivity index (χ1n) is 7.55. The van der Waals surface area contributed by atoms with Gasteiger partial charge in [0.15, 0.2) is 6.29 Å². The van der Waals surface area contributed by atoms with Crippen molar-refractivity contribution in [2.45, 2.75) is 31.9 Å². The quantitative estimate of drug-likeness (QED) is 0.483. The van der Waals surface area contributed by atoms with Crippen LogP contribution in [0.15, 0.2) is 60.7 Å². The number of carbonyl (C=O) groups excluding carboxylic acids is 1. The van der Waals surface area contributed by atoms with E-state index in [1.807, 2.05) is 12.1 Å². The van der Waals surface area contributed by atoms with E-state index in [1.165, 1.54) is 10.4 Å². The van der Waals surface area contributed by atoms with Gasteiger partial charge in [-0.05, 0) is 11.0 Å². The van der Waals surface area contributed by atoms with Crippen molar-refractivity contribution in [3.8, 4) is 11.8 Å². The van der Waals surface area contributed by atoms with Crippen molar-refractivity contribution < 1.29 is 4.79 Å². The molecular formula is C20H22OSi. The third kappa shape index (κ3) is 3.05. The summed E-state index contributed by atoms with van der Waals surface area (Å²) in [7, 11) is -2.12. The molecule has 0 spiro atoms. The SMILES string of the molecule is CC(C)(C)[Si](CC#CC=O)(c1ccccc1)c1ccccc1. The number of carbonyl (C=O) groups is 1. The molecule has 0 saturated carbocycles. The van der Waals surface area contributed by atoms with Gasteiger partial charge in [-0.1, -0.05) is 97.7 Å². The van der Waals surface area contributed by atoms with E-state index in [0.29, 0.717) is 6.29 Å². The van der Waals surface area contributed by atoms with Gasteiger partial charge in [-0.25, -0.2) is 0 Å². The summed E-state index contributed by atoms with van der Waals surface area (Å²) in [6, 6.07) is 22.1. The predicted molar refractivity (Wildman–Crippen MR) is 96.3 cm³/mol.